The molecule has 0 heterocycles. The predicted molar refractivity (Wildman–Crippen MR) is 66.9 cm³/mol. The van der Waals surface area contributed by atoms with Crippen LogP contribution >= 0.6 is 0 Å². The topological polar surface area (TPSA) is 196 Å². The van der Waals surface area contributed by atoms with Gasteiger partial charge in [0.15, 0.2) is 12.6 Å². The average Bonchev–Trinajstić information content (AvgIpc) is 2.50. The number of carbonyl (C=O) groups is 2. The van der Waals surface area contributed by atoms with Gasteiger partial charge in [0, 0.05) is 0 Å². The summed E-state index contributed by atoms with van der Waals surface area (Å²) in [6.07, 6.45) is -10.5. The number of rotatable bonds is 8. The quantitative estimate of drug-likeness (QED) is 0.201. The summed E-state index contributed by atoms with van der Waals surface area (Å²) in [6.45, 7) is 0.553. The summed E-state index contributed by atoms with van der Waals surface area (Å²) < 4.78 is 0. The van der Waals surface area contributed by atoms with Crippen molar-refractivity contribution in [2.45, 2.75) is 49.7 Å². The first kappa shape index (κ1) is 22.3. The first-order chi connectivity index (χ1) is 9.63. The Morgan fingerprint density at radius 1 is 0.762 bits per heavy atom. The van der Waals surface area contributed by atoms with Crippen molar-refractivity contribution in [3.63, 3.8) is 0 Å². The normalized spacial score (nSPS) is 20.8. The number of aldehydes is 2. The minimum absolute atomic E-state index is 0.0869. The van der Waals surface area contributed by atoms with Gasteiger partial charge in [0.2, 0.25) is 0 Å². The van der Waals surface area contributed by atoms with Gasteiger partial charge in [-0.05, 0) is 6.92 Å². The monoisotopic (exact) mass is 314 g/mol. The van der Waals surface area contributed by atoms with Gasteiger partial charge in [-0.15, -0.1) is 0 Å². The molecule has 0 aromatic carbocycles. The molecular weight excluding hydrogens is 292 g/mol. The zero-order valence-electron chi connectivity index (χ0n) is 11.3. The molecule has 0 aliphatic carbocycles. The van der Waals surface area contributed by atoms with Crippen LogP contribution in [0.1, 0.15) is 6.92 Å². The molecule has 0 aliphatic rings. The van der Waals surface area contributed by atoms with E-state index in [1.54, 1.807) is 0 Å². The molecule has 0 radical (unpaired) electrons. The zero-order valence-corrected chi connectivity index (χ0v) is 11.3. The third-order valence-electron chi connectivity index (χ3n) is 2.40. The molecule has 0 aliphatic heterocycles. The van der Waals surface area contributed by atoms with Crippen molar-refractivity contribution in [2.24, 2.45) is 0 Å². The number of aliphatic hydroxyl groups is 8. The molecule has 0 rings (SSSR count). The highest BCUT2D eigenvalue weighted by Crippen LogP contribution is 2.02. The molecular formula is C11H22O10. The van der Waals surface area contributed by atoms with Crippen molar-refractivity contribution < 1.29 is 50.4 Å². The molecule has 0 saturated heterocycles. The van der Waals surface area contributed by atoms with Crippen molar-refractivity contribution in [3.05, 3.63) is 0 Å². The van der Waals surface area contributed by atoms with Gasteiger partial charge in [0.1, 0.15) is 36.6 Å². The molecule has 0 fully saturated rings. The van der Waals surface area contributed by atoms with Crippen LogP contribution in [0.3, 0.4) is 0 Å². The summed E-state index contributed by atoms with van der Waals surface area (Å²) in [5, 5.41) is 69.2. The van der Waals surface area contributed by atoms with Crippen LogP contribution in [-0.2, 0) is 9.59 Å². The van der Waals surface area contributed by atoms with Crippen molar-refractivity contribution in [1.29, 1.82) is 0 Å². The van der Waals surface area contributed by atoms with Crippen LogP contribution in [0, 0.1) is 0 Å². The summed E-state index contributed by atoms with van der Waals surface area (Å²) >= 11 is 0. The van der Waals surface area contributed by atoms with Crippen LogP contribution in [0.25, 0.3) is 0 Å². The molecule has 0 aromatic heterocycles. The van der Waals surface area contributed by atoms with E-state index >= 15 is 0 Å². The number of hydrogen-bond acceptors (Lipinski definition) is 10. The zero-order chi connectivity index (χ0) is 17.2. The molecule has 0 aromatic rings. The lowest BCUT2D eigenvalue weighted by molar-refractivity contribution is -0.132. The minimum atomic E-state index is -1.65. The lowest BCUT2D eigenvalue weighted by Gasteiger charge is -2.21. The Morgan fingerprint density at radius 3 is 1.43 bits per heavy atom. The highest BCUT2D eigenvalue weighted by molar-refractivity contribution is 5.57. The van der Waals surface area contributed by atoms with Crippen molar-refractivity contribution >= 4 is 12.6 Å². The molecule has 7 atom stereocenters. The van der Waals surface area contributed by atoms with Crippen molar-refractivity contribution in [3.8, 4) is 0 Å². The fraction of sp³-hybridized carbons (Fsp3) is 0.818. The lowest BCUT2D eigenvalue weighted by atomic mass is 10.1. The molecule has 10 heteroatoms. The SMILES string of the molecule is C[C@H](O)[C@H](O)[C@@H](O)[C@@H](O)C=O.O=C[C@H](O)[C@@H](O)[C@H](O)CO. The van der Waals surface area contributed by atoms with Crippen LogP contribution in [0.5, 0.6) is 0 Å². The van der Waals surface area contributed by atoms with Crippen LogP contribution in [0.4, 0.5) is 0 Å². The Morgan fingerprint density at radius 2 is 1.14 bits per heavy atom. The first-order valence-electron chi connectivity index (χ1n) is 5.91. The van der Waals surface area contributed by atoms with E-state index in [1.807, 2.05) is 0 Å². The first-order valence-corrected chi connectivity index (χ1v) is 5.91. The second-order valence-corrected chi connectivity index (χ2v) is 4.22. The van der Waals surface area contributed by atoms with Gasteiger partial charge in [-0.3, -0.25) is 0 Å². The smallest absolute Gasteiger partial charge is 0.151 e. The van der Waals surface area contributed by atoms with Gasteiger partial charge in [-0.25, -0.2) is 0 Å². The third kappa shape index (κ3) is 8.80. The second-order valence-electron chi connectivity index (χ2n) is 4.22. The van der Waals surface area contributed by atoms with Gasteiger partial charge in [0.25, 0.3) is 0 Å². The maximum atomic E-state index is 9.87. The van der Waals surface area contributed by atoms with Gasteiger partial charge in [-0.1, -0.05) is 0 Å². The van der Waals surface area contributed by atoms with E-state index in [1.165, 1.54) is 6.92 Å². The molecule has 0 spiro atoms. The largest absolute Gasteiger partial charge is 0.394 e. The van der Waals surface area contributed by atoms with E-state index in [4.69, 9.17) is 40.9 Å². The Kier molecular flexibility index (Phi) is 12.4. The standard InChI is InChI=1S/C6H12O5.C5H10O5/c1-3(8)5(10)6(11)4(9)2-7;6-1-3(8)5(10)4(9)2-7/h2-6,8-11H,1H3;1,3-5,7-10H,2H2/t3-,4-,5-,6-;3-,4+,5+/m00/s1. The molecule has 10 nitrogen and oxygen atoms in total. The average molecular weight is 314 g/mol. The molecule has 0 saturated carbocycles. The minimum Gasteiger partial charge on any atom is -0.394 e. The van der Waals surface area contributed by atoms with E-state index < -0.39 is 49.3 Å². The third-order valence-corrected chi connectivity index (χ3v) is 2.40. The molecule has 0 unspecified atom stereocenters. The molecule has 0 amide bonds. The molecule has 21 heavy (non-hydrogen) atoms. The van der Waals surface area contributed by atoms with E-state index in [2.05, 4.69) is 0 Å². The fourth-order valence-corrected chi connectivity index (χ4v) is 0.984. The highest BCUT2D eigenvalue weighted by Gasteiger charge is 2.27. The fourth-order valence-electron chi connectivity index (χ4n) is 0.984. The number of carbonyl (C=O) groups excluding carboxylic acids is 2. The van der Waals surface area contributed by atoms with E-state index in [0.717, 1.165) is 0 Å². The summed E-state index contributed by atoms with van der Waals surface area (Å²) in [4.78, 5) is 19.6. The highest BCUT2D eigenvalue weighted by atomic mass is 16.4. The van der Waals surface area contributed by atoms with E-state index in [9.17, 15) is 9.59 Å². The van der Waals surface area contributed by atoms with Gasteiger partial charge >= 0.3 is 0 Å². The Balaban J connectivity index is 0. The van der Waals surface area contributed by atoms with Gasteiger partial charge < -0.3 is 50.4 Å². The predicted octanol–water partition coefficient (Wildman–Crippen LogP) is -5.09. The summed E-state index contributed by atoms with van der Waals surface area (Å²) in [5.41, 5.74) is 0. The summed E-state index contributed by atoms with van der Waals surface area (Å²) in [5.74, 6) is 0. The summed E-state index contributed by atoms with van der Waals surface area (Å²) in [6, 6.07) is 0. The van der Waals surface area contributed by atoms with Crippen LogP contribution < -0.4 is 0 Å². The van der Waals surface area contributed by atoms with Crippen LogP contribution in [-0.4, -0.2) is 103 Å². The maximum Gasteiger partial charge on any atom is 0.151 e. The van der Waals surface area contributed by atoms with Gasteiger partial charge in [0.05, 0.1) is 12.7 Å². The lowest BCUT2D eigenvalue weighted by Crippen LogP contribution is -2.43. The Hall–Kier alpha value is -0.980. The van der Waals surface area contributed by atoms with Gasteiger partial charge in [-0.2, -0.15) is 0 Å². The van der Waals surface area contributed by atoms with Crippen LogP contribution in [0.15, 0.2) is 0 Å². The van der Waals surface area contributed by atoms with E-state index in [-0.39, 0.29) is 12.6 Å². The second kappa shape index (κ2) is 11.7. The summed E-state index contributed by atoms with van der Waals surface area (Å²) in [7, 11) is 0. The number of hydrogen-bond donors (Lipinski definition) is 8. The molecule has 126 valence electrons. The maximum absolute atomic E-state index is 9.87. The number of aliphatic hydroxyl groups excluding tert-OH is 8. The molecule has 0 bridgehead atoms. The Bertz CT molecular complexity index is 284. The van der Waals surface area contributed by atoms with Crippen molar-refractivity contribution in [2.75, 3.05) is 6.61 Å². The Labute approximate surface area is 120 Å². The molecule has 8 N–H and O–H groups in total. The van der Waals surface area contributed by atoms with Crippen LogP contribution in [0.2, 0.25) is 0 Å². The van der Waals surface area contributed by atoms with Crippen molar-refractivity contribution in [1.82, 2.24) is 0 Å². The van der Waals surface area contributed by atoms with E-state index in [0.29, 0.717) is 0 Å².